The van der Waals surface area contributed by atoms with Crippen LogP contribution >= 0.6 is 31.9 Å². The van der Waals surface area contributed by atoms with Crippen molar-refractivity contribution in [2.45, 2.75) is 6.42 Å². The fourth-order valence-electron chi connectivity index (χ4n) is 2.20. The highest BCUT2D eigenvalue weighted by molar-refractivity contribution is 9.11. The molecule has 1 N–H and O–H groups in total. The van der Waals surface area contributed by atoms with Crippen LogP contribution in [0.3, 0.4) is 0 Å². The molecule has 21 heavy (non-hydrogen) atoms. The summed E-state index contributed by atoms with van der Waals surface area (Å²) in [6, 6.07) is 14.4. The van der Waals surface area contributed by atoms with Gasteiger partial charge in [0.15, 0.2) is 0 Å². The number of anilines is 1. The maximum Gasteiger partial charge on any atom is 0.137 e. The lowest BCUT2D eigenvalue weighted by Gasteiger charge is -2.09. The Balaban J connectivity index is 1.81. The normalized spacial score (nSPS) is 10.8. The van der Waals surface area contributed by atoms with Gasteiger partial charge in [-0.25, -0.2) is 9.97 Å². The van der Waals surface area contributed by atoms with Crippen LogP contribution in [0.4, 0.5) is 5.82 Å². The first-order chi connectivity index (χ1) is 10.2. The van der Waals surface area contributed by atoms with Crippen LogP contribution in [0.5, 0.6) is 0 Å². The average Bonchev–Trinajstić information content (AvgIpc) is 2.49. The Hall–Kier alpha value is -1.46. The molecule has 0 unspecified atom stereocenters. The summed E-state index contributed by atoms with van der Waals surface area (Å²) in [6.07, 6.45) is 2.55. The van der Waals surface area contributed by atoms with Crippen molar-refractivity contribution in [3.63, 3.8) is 0 Å². The summed E-state index contributed by atoms with van der Waals surface area (Å²) in [6.45, 7) is 0.834. The molecule has 5 heteroatoms. The van der Waals surface area contributed by atoms with E-state index in [2.05, 4.69) is 71.4 Å². The molecule has 1 aromatic heterocycles. The number of benzene rings is 2. The summed E-state index contributed by atoms with van der Waals surface area (Å²) in [7, 11) is 0. The number of fused-ring (bicyclic) bond motifs is 1. The fraction of sp³-hybridized carbons (Fsp3) is 0.125. The zero-order valence-corrected chi connectivity index (χ0v) is 14.4. The fourth-order valence-corrected chi connectivity index (χ4v) is 3.53. The van der Waals surface area contributed by atoms with Gasteiger partial charge in [0.25, 0.3) is 0 Å². The zero-order chi connectivity index (χ0) is 14.7. The molecule has 0 saturated carbocycles. The molecule has 0 amide bonds. The second kappa shape index (κ2) is 6.54. The molecule has 0 spiro atoms. The lowest BCUT2D eigenvalue weighted by molar-refractivity contribution is 1.01. The highest BCUT2D eigenvalue weighted by Crippen LogP contribution is 2.30. The Morgan fingerprint density at radius 1 is 1.00 bits per heavy atom. The molecule has 0 aliphatic rings. The highest BCUT2D eigenvalue weighted by atomic mass is 79.9. The molecular weight excluding hydrogens is 394 g/mol. The van der Waals surface area contributed by atoms with E-state index in [4.69, 9.17) is 0 Å². The van der Waals surface area contributed by atoms with Crippen molar-refractivity contribution >= 4 is 48.6 Å². The number of hydrogen-bond acceptors (Lipinski definition) is 3. The maximum absolute atomic E-state index is 4.36. The molecule has 0 saturated heterocycles. The minimum atomic E-state index is 0.834. The first-order valence-electron chi connectivity index (χ1n) is 6.61. The molecule has 2 aromatic carbocycles. The highest BCUT2D eigenvalue weighted by Gasteiger charge is 2.07. The van der Waals surface area contributed by atoms with Gasteiger partial charge in [0.2, 0.25) is 0 Å². The van der Waals surface area contributed by atoms with Crippen LogP contribution in [-0.2, 0) is 6.42 Å². The van der Waals surface area contributed by atoms with Crippen molar-refractivity contribution in [3.8, 4) is 0 Å². The SMILES string of the molecule is Brc1cc(Br)c2ncnc(NCCc3ccccc3)c2c1. The van der Waals surface area contributed by atoms with Gasteiger partial charge in [-0.2, -0.15) is 0 Å². The van der Waals surface area contributed by atoms with Crippen molar-refractivity contribution < 1.29 is 0 Å². The van der Waals surface area contributed by atoms with E-state index in [-0.39, 0.29) is 0 Å². The van der Waals surface area contributed by atoms with E-state index in [0.717, 1.165) is 38.6 Å². The Bertz CT molecular complexity index is 760. The summed E-state index contributed by atoms with van der Waals surface area (Å²) in [5, 5.41) is 4.40. The molecule has 106 valence electrons. The van der Waals surface area contributed by atoms with Crippen molar-refractivity contribution in [3.05, 3.63) is 63.3 Å². The third-order valence-corrected chi connectivity index (χ3v) is 4.27. The predicted octanol–water partition coefficient (Wildman–Crippen LogP) is 4.81. The van der Waals surface area contributed by atoms with Crippen LogP contribution in [0.25, 0.3) is 10.9 Å². The number of nitrogens with zero attached hydrogens (tertiary/aromatic N) is 2. The summed E-state index contributed by atoms with van der Waals surface area (Å²) < 4.78 is 1.96. The van der Waals surface area contributed by atoms with Crippen molar-refractivity contribution in [2.24, 2.45) is 0 Å². The van der Waals surface area contributed by atoms with Gasteiger partial charge in [-0.1, -0.05) is 46.3 Å². The van der Waals surface area contributed by atoms with Gasteiger partial charge in [-0.15, -0.1) is 0 Å². The van der Waals surface area contributed by atoms with Crippen molar-refractivity contribution in [2.75, 3.05) is 11.9 Å². The first kappa shape index (κ1) is 14.5. The van der Waals surface area contributed by atoms with E-state index in [1.807, 2.05) is 18.2 Å². The number of aromatic nitrogens is 2. The van der Waals surface area contributed by atoms with Crippen molar-refractivity contribution in [1.82, 2.24) is 9.97 Å². The molecule has 0 fully saturated rings. The molecule has 0 radical (unpaired) electrons. The quantitative estimate of drug-likeness (QED) is 0.675. The number of nitrogens with one attached hydrogen (secondary N) is 1. The van der Waals surface area contributed by atoms with Gasteiger partial charge in [-0.05, 0) is 40.0 Å². The van der Waals surface area contributed by atoms with E-state index in [1.54, 1.807) is 6.33 Å². The van der Waals surface area contributed by atoms with Gasteiger partial charge in [-0.3, -0.25) is 0 Å². The second-order valence-electron chi connectivity index (χ2n) is 4.67. The Morgan fingerprint density at radius 2 is 1.81 bits per heavy atom. The zero-order valence-electron chi connectivity index (χ0n) is 11.2. The van der Waals surface area contributed by atoms with Crippen LogP contribution in [0, 0.1) is 0 Å². The minimum absolute atomic E-state index is 0.834. The number of hydrogen-bond donors (Lipinski definition) is 1. The molecule has 1 heterocycles. The summed E-state index contributed by atoms with van der Waals surface area (Å²) in [4.78, 5) is 8.69. The van der Waals surface area contributed by atoms with Crippen LogP contribution in [-0.4, -0.2) is 16.5 Å². The standard InChI is InChI=1S/C16H13Br2N3/c17-12-8-13-15(14(18)9-12)20-10-21-16(13)19-7-6-11-4-2-1-3-5-11/h1-5,8-10H,6-7H2,(H,19,20,21). The lowest BCUT2D eigenvalue weighted by Crippen LogP contribution is -2.07. The third-order valence-electron chi connectivity index (χ3n) is 3.21. The van der Waals surface area contributed by atoms with Gasteiger partial charge in [0.05, 0.1) is 5.52 Å². The van der Waals surface area contributed by atoms with E-state index in [1.165, 1.54) is 5.56 Å². The second-order valence-corrected chi connectivity index (χ2v) is 6.44. The van der Waals surface area contributed by atoms with Crippen LogP contribution in [0.15, 0.2) is 57.7 Å². The van der Waals surface area contributed by atoms with Gasteiger partial charge in [0, 0.05) is 20.9 Å². The van der Waals surface area contributed by atoms with E-state index >= 15 is 0 Å². The molecule has 3 nitrogen and oxygen atoms in total. The van der Waals surface area contributed by atoms with Gasteiger partial charge in [0.1, 0.15) is 12.1 Å². The topological polar surface area (TPSA) is 37.8 Å². The van der Waals surface area contributed by atoms with Crippen molar-refractivity contribution in [1.29, 1.82) is 0 Å². The smallest absolute Gasteiger partial charge is 0.137 e. The molecule has 0 aliphatic heterocycles. The van der Waals surface area contributed by atoms with Crippen LogP contribution in [0.1, 0.15) is 5.56 Å². The number of halogens is 2. The Labute approximate surface area is 140 Å². The maximum atomic E-state index is 4.36. The summed E-state index contributed by atoms with van der Waals surface area (Å²) in [5.41, 5.74) is 2.22. The third kappa shape index (κ3) is 3.41. The summed E-state index contributed by atoms with van der Waals surface area (Å²) >= 11 is 7.05. The molecule has 0 bridgehead atoms. The Morgan fingerprint density at radius 3 is 2.62 bits per heavy atom. The average molecular weight is 407 g/mol. The predicted molar refractivity (Wildman–Crippen MR) is 93.6 cm³/mol. The molecule has 0 aliphatic carbocycles. The molecule has 3 aromatic rings. The van der Waals surface area contributed by atoms with E-state index in [9.17, 15) is 0 Å². The summed E-state index contributed by atoms with van der Waals surface area (Å²) in [5.74, 6) is 0.859. The van der Waals surface area contributed by atoms with Crippen LogP contribution < -0.4 is 5.32 Å². The van der Waals surface area contributed by atoms with Gasteiger partial charge < -0.3 is 5.32 Å². The minimum Gasteiger partial charge on any atom is -0.369 e. The lowest BCUT2D eigenvalue weighted by atomic mass is 10.1. The first-order valence-corrected chi connectivity index (χ1v) is 8.20. The largest absolute Gasteiger partial charge is 0.369 e. The van der Waals surface area contributed by atoms with Crippen LogP contribution in [0.2, 0.25) is 0 Å². The van der Waals surface area contributed by atoms with E-state index in [0.29, 0.717) is 0 Å². The monoisotopic (exact) mass is 405 g/mol. The Kier molecular flexibility index (Phi) is 4.51. The molecule has 0 atom stereocenters. The van der Waals surface area contributed by atoms with E-state index < -0.39 is 0 Å². The molecule has 3 rings (SSSR count). The molecular formula is C16H13Br2N3. The van der Waals surface area contributed by atoms with Gasteiger partial charge >= 0.3 is 0 Å². The number of rotatable bonds is 4.